The second-order valence-electron chi connectivity index (χ2n) is 6.00. The van der Waals surface area contributed by atoms with E-state index >= 15 is 0 Å². The summed E-state index contributed by atoms with van der Waals surface area (Å²) in [5, 5.41) is 18.7. The number of benzene rings is 1. The SMILES string of the molecule is COc1nnccc1CN1CNC(C(F)(F)F)=C(Oc2cc(Cl)cc(C#N)c2)C1=O. The highest BCUT2D eigenvalue weighted by atomic mass is 35.5. The van der Waals surface area contributed by atoms with Gasteiger partial charge in [-0.2, -0.15) is 23.5 Å². The summed E-state index contributed by atoms with van der Waals surface area (Å²) in [6.07, 6.45) is -3.51. The van der Waals surface area contributed by atoms with Gasteiger partial charge in [-0.05, 0) is 24.3 Å². The first-order chi connectivity index (χ1) is 14.2. The number of halogens is 4. The molecule has 0 fully saturated rings. The predicted molar refractivity (Wildman–Crippen MR) is 97.0 cm³/mol. The molecular formula is C18H13ClF3N5O3. The summed E-state index contributed by atoms with van der Waals surface area (Å²) in [6.45, 7) is -0.535. The van der Waals surface area contributed by atoms with Crippen molar-refractivity contribution in [2.24, 2.45) is 0 Å². The molecule has 1 aromatic heterocycles. The molecule has 0 atom stereocenters. The van der Waals surface area contributed by atoms with Crippen molar-refractivity contribution in [1.29, 1.82) is 5.26 Å². The minimum Gasteiger partial charge on any atom is -0.480 e. The number of allylic oxidation sites excluding steroid dienone is 1. The molecule has 0 bridgehead atoms. The third kappa shape index (κ3) is 4.55. The fourth-order valence-electron chi connectivity index (χ4n) is 2.67. The topological polar surface area (TPSA) is 100 Å². The third-order valence-corrected chi connectivity index (χ3v) is 4.20. The van der Waals surface area contributed by atoms with Gasteiger partial charge in [0.05, 0.1) is 38.2 Å². The molecule has 1 N–H and O–H groups in total. The Kier molecular flexibility index (Phi) is 5.98. The second kappa shape index (κ2) is 8.46. The molecule has 2 aromatic rings. The Balaban J connectivity index is 1.96. The Labute approximate surface area is 173 Å². The summed E-state index contributed by atoms with van der Waals surface area (Å²) in [5.74, 6) is -2.04. The average Bonchev–Trinajstić information content (AvgIpc) is 2.70. The molecule has 12 heteroatoms. The monoisotopic (exact) mass is 439 g/mol. The number of nitrogens with one attached hydrogen (secondary N) is 1. The molecule has 1 aliphatic rings. The Morgan fingerprint density at radius 2 is 2.13 bits per heavy atom. The van der Waals surface area contributed by atoms with Crippen molar-refractivity contribution in [1.82, 2.24) is 20.4 Å². The normalized spacial score (nSPS) is 14.3. The van der Waals surface area contributed by atoms with E-state index in [4.69, 9.17) is 26.3 Å². The minimum atomic E-state index is -4.87. The summed E-state index contributed by atoms with van der Waals surface area (Å²) in [7, 11) is 1.35. The quantitative estimate of drug-likeness (QED) is 0.764. The van der Waals surface area contributed by atoms with E-state index in [1.165, 1.54) is 37.6 Å². The first kappa shape index (κ1) is 21.2. The number of ether oxygens (including phenoxy) is 2. The number of methoxy groups -OCH3 is 1. The Morgan fingerprint density at radius 1 is 1.37 bits per heavy atom. The molecule has 1 aliphatic heterocycles. The van der Waals surface area contributed by atoms with Crippen LogP contribution in [-0.2, 0) is 11.3 Å². The minimum absolute atomic E-state index is 0.0623. The molecule has 0 unspecified atom stereocenters. The van der Waals surface area contributed by atoms with Gasteiger partial charge in [-0.25, -0.2) is 0 Å². The van der Waals surface area contributed by atoms with Gasteiger partial charge in [0.2, 0.25) is 11.6 Å². The molecule has 1 amide bonds. The fourth-order valence-corrected chi connectivity index (χ4v) is 2.90. The van der Waals surface area contributed by atoms with E-state index in [9.17, 15) is 18.0 Å². The molecule has 0 spiro atoms. The van der Waals surface area contributed by atoms with E-state index in [0.29, 0.717) is 5.56 Å². The van der Waals surface area contributed by atoms with Gasteiger partial charge in [0, 0.05) is 10.6 Å². The molecule has 0 saturated heterocycles. The Bertz CT molecular complexity index is 1050. The molecule has 0 aliphatic carbocycles. The van der Waals surface area contributed by atoms with Gasteiger partial charge in [0.25, 0.3) is 5.91 Å². The lowest BCUT2D eigenvalue weighted by Crippen LogP contribution is -2.49. The smallest absolute Gasteiger partial charge is 0.434 e. The maximum atomic E-state index is 13.5. The van der Waals surface area contributed by atoms with Gasteiger partial charge in [0.1, 0.15) is 5.75 Å². The van der Waals surface area contributed by atoms with Crippen molar-refractivity contribution in [2.75, 3.05) is 13.8 Å². The first-order valence-electron chi connectivity index (χ1n) is 8.30. The Morgan fingerprint density at radius 3 is 2.80 bits per heavy atom. The number of nitrogens with zero attached hydrogens (tertiary/aromatic N) is 4. The molecule has 0 saturated carbocycles. The number of aromatic nitrogens is 2. The van der Waals surface area contributed by atoms with Crippen LogP contribution in [0.5, 0.6) is 11.6 Å². The molecule has 156 valence electrons. The zero-order valence-corrected chi connectivity index (χ0v) is 16.1. The maximum Gasteiger partial charge on any atom is 0.434 e. The Hall–Kier alpha value is -3.52. The van der Waals surface area contributed by atoms with E-state index in [0.717, 1.165) is 4.90 Å². The van der Waals surface area contributed by atoms with Crippen LogP contribution in [0.3, 0.4) is 0 Å². The maximum absolute atomic E-state index is 13.5. The molecule has 3 rings (SSSR count). The van der Waals surface area contributed by atoms with E-state index in [1.807, 2.05) is 6.07 Å². The number of hydrogen-bond acceptors (Lipinski definition) is 7. The van der Waals surface area contributed by atoms with Crippen molar-refractivity contribution < 1.29 is 27.4 Å². The summed E-state index contributed by atoms with van der Waals surface area (Å²) < 4.78 is 50.8. The van der Waals surface area contributed by atoms with Crippen LogP contribution in [0.15, 0.2) is 41.9 Å². The zero-order chi connectivity index (χ0) is 21.9. The lowest BCUT2D eigenvalue weighted by molar-refractivity contribution is -0.137. The largest absolute Gasteiger partial charge is 0.480 e. The summed E-state index contributed by atoms with van der Waals surface area (Å²) in [4.78, 5) is 13.9. The highest BCUT2D eigenvalue weighted by molar-refractivity contribution is 6.30. The highest BCUT2D eigenvalue weighted by Gasteiger charge is 2.44. The number of carbonyl (C=O) groups excluding carboxylic acids is 1. The van der Waals surface area contributed by atoms with E-state index < -0.39 is 30.2 Å². The summed E-state index contributed by atoms with van der Waals surface area (Å²) in [5.41, 5.74) is -0.832. The van der Waals surface area contributed by atoms with Crippen molar-refractivity contribution in [3.63, 3.8) is 0 Å². The molecule has 30 heavy (non-hydrogen) atoms. The summed E-state index contributed by atoms with van der Waals surface area (Å²) >= 11 is 5.87. The number of hydrogen-bond donors (Lipinski definition) is 1. The number of rotatable bonds is 5. The first-order valence-corrected chi connectivity index (χ1v) is 8.68. The van der Waals surface area contributed by atoms with Gasteiger partial charge >= 0.3 is 6.18 Å². The van der Waals surface area contributed by atoms with E-state index in [1.54, 1.807) is 0 Å². The predicted octanol–water partition coefficient (Wildman–Crippen LogP) is 2.75. The highest BCUT2D eigenvalue weighted by Crippen LogP contribution is 2.32. The molecule has 8 nitrogen and oxygen atoms in total. The fraction of sp³-hybridized carbons (Fsp3) is 0.222. The van der Waals surface area contributed by atoms with Gasteiger partial charge < -0.3 is 19.7 Å². The van der Waals surface area contributed by atoms with Crippen LogP contribution in [-0.4, -0.2) is 41.0 Å². The van der Waals surface area contributed by atoms with E-state index in [2.05, 4.69) is 15.5 Å². The third-order valence-electron chi connectivity index (χ3n) is 3.98. The van der Waals surface area contributed by atoms with Crippen LogP contribution < -0.4 is 14.8 Å². The van der Waals surface area contributed by atoms with Crippen LogP contribution in [0.2, 0.25) is 5.02 Å². The van der Waals surface area contributed by atoms with Gasteiger partial charge in [-0.1, -0.05) is 11.6 Å². The van der Waals surface area contributed by atoms with Crippen LogP contribution in [0.25, 0.3) is 0 Å². The molecule has 0 radical (unpaired) electrons. The number of nitriles is 1. The standard InChI is InChI=1S/C18H13ClF3N5O3/c1-29-16-11(2-3-25-26-16)8-27-9-24-15(18(20,21)22)14(17(27)28)30-13-5-10(7-23)4-12(19)6-13/h2-6,24H,8-9H2,1H3. The van der Waals surface area contributed by atoms with Crippen molar-refractivity contribution >= 4 is 17.5 Å². The van der Waals surface area contributed by atoms with Gasteiger partial charge in [-0.15, -0.1) is 5.10 Å². The van der Waals surface area contributed by atoms with Crippen LogP contribution in [0.4, 0.5) is 13.2 Å². The van der Waals surface area contributed by atoms with Crippen LogP contribution in [0, 0.1) is 11.3 Å². The molecular weight excluding hydrogens is 427 g/mol. The van der Waals surface area contributed by atoms with E-state index in [-0.39, 0.29) is 28.8 Å². The molecule has 1 aromatic carbocycles. The van der Waals surface area contributed by atoms with Gasteiger partial charge in [-0.3, -0.25) is 4.79 Å². The lowest BCUT2D eigenvalue weighted by atomic mass is 10.2. The van der Waals surface area contributed by atoms with Gasteiger partial charge in [0.15, 0.2) is 5.70 Å². The average molecular weight is 440 g/mol. The number of carbonyl (C=O) groups is 1. The van der Waals surface area contributed by atoms with Crippen molar-refractivity contribution in [3.05, 3.63) is 58.1 Å². The number of amides is 1. The van der Waals surface area contributed by atoms with Crippen molar-refractivity contribution in [3.8, 4) is 17.7 Å². The van der Waals surface area contributed by atoms with Crippen LogP contribution >= 0.6 is 11.6 Å². The van der Waals surface area contributed by atoms with Crippen molar-refractivity contribution in [2.45, 2.75) is 12.7 Å². The second-order valence-corrected chi connectivity index (χ2v) is 6.43. The lowest BCUT2D eigenvalue weighted by Gasteiger charge is -2.32. The van der Waals surface area contributed by atoms with Crippen LogP contribution in [0.1, 0.15) is 11.1 Å². The molecule has 2 heterocycles. The number of alkyl halides is 3. The zero-order valence-electron chi connectivity index (χ0n) is 15.3. The summed E-state index contributed by atoms with van der Waals surface area (Å²) in [6, 6.07) is 7.02.